The van der Waals surface area contributed by atoms with Crippen molar-refractivity contribution in [1.82, 2.24) is 23.9 Å². The minimum atomic E-state index is -3.83. The number of nitrogen functional groups attached to an aromatic ring is 1. The van der Waals surface area contributed by atoms with E-state index >= 15 is 0 Å². The summed E-state index contributed by atoms with van der Waals surface area (Å²) in [6.45, 7) is 3.11. The van der Waals surface area contributed by atoms with E-state index in [1.165, 1.54) is 12.1 Å². The van der Waals surface area contributed by atoms with Crippen LogP contribution in [0.3, 0.4) is 0 Å². The summed E-state index contributed by atoms with van der Waals surface area (Å²) < 4.78 is 67.4. The molecule has 11 nitrogen and oxygen atoms in total. The normalized spacial score (nSPS) is 12.0. The van der Waals surface area contributed by atoms with E-state index in [4.69, 9.17) is 21.9 Å². The predicted molar refractivity (Wildman–Crippen MR) is 152 cm³/mol. The lowest BCUT2D eigenvalue weighted by atomic mass is 10.1. The number of H-pyrrole nitrogens is 1. The molecule has 2 aromatic carbocycles. The summed E-state index contributed by atoms with van der Waals surface area (Å²) in [5, 5.41) is -0.545. The molecule has 0 aliphatic heterocycles. The van der Waals surface area contributed by atoms with Gasteiger partial charge in [0.05, 0.1) is 39.2 Å². The van der Waals surface area contributed by atoms with Crippen molar-refractivity contribution in [3.8, 4) is 34.0 Å². The minimum Gasteiger partial charge on any atom is -0.368 e. The maximum Gasteiger partial charge on any atom is 0.261 e. The van der Waals surface area contributed by atoms with Crippen molar-refractivity contribution in [2.45, 2.75) is 19.1 Å². The van der Waals surface area contributed by atoms with Gasteiger partial charge >= 0.3 is 0 Å². The number of hydrogen-bond donors (Lipinski definition) is 3. The molecule has 0 amide bonds. The van der Waals surface area contributed by atoms with Gasteiger partial charge in [0.1, 0.15) is 17.2 Å². The third-order valence-corrected chi connectivity index (χ3v) is 7.92. The van der Waals surface area contributed by atoms with Gasteiger partial charge in [0.25, 0.3) is 10.1 Å². The first kappa shape index (κ1) is 29.1. The number of pyridine rings is 1. The molecule has 0 atom stereocenters. The Balaban J connectivity index is 0.000000681. The maximum absolute atomic E-state index is 14.7. The van der Waals surface area contributed by atoms with Crippen LogP contribution in [0, 0.1) is 5.82 Å². The first-order valence-electron chi connectivity index (χ1n) is 11.6. The van der Waals surface area contributed by atoms with Gasteiger partial charge in [0, 0.05) is 5.56 Å². The van der Waals surface area contributed by atoms with Crippen molar-refractivity contribution in [3.63, 3.8) is 0 Å². The van der Waals surface area contributed by atoms with E-state index in [1.54, 1.807) is 32.0 Å². The molecule has 4 N–H and O–H groups in total. The van der Waals surface area contributed by atoms with Crippen LogP contribution < -0.4 is 5.73 Å². The molecule has 0 radical (unpaired) electrons. The van der Waals surface area contributed by atoms with Crippen LogP contribution in [0.2, 0.25) is 5.02 Å². The molecular weight excluding hydrogens is 583 g/mol. The third kappa shape index (κ3) is 5.99. The molecule has 0 saturated heterocycles. The fourth-order valence-electron chi connectivity index (χ4n) is 3.76. The van der Waals surface area contributed by atoms with Crippen LogP contribution in [0.15, 0.2) is 60.7 Å². The SMILES string of the molecule is CC(C)S(=O)(=O)n1c(N)nc2ccc(-c3[nH]c(-c4c(F)cccc4Cl)nc3-c3ccccc3)nc21.CS(=O)(=O)O. The molecule has 0 saturated carbocycles. The quantitative estimate of drug-likeness (QED) is 0.241. The predicted octanol–water partition coefficient (Wildman–Crippen LogP) is 4.62. The second-order valence-corrected chi connectivity index (χ2v) is 13.1. The molecule has 0 aliphatic rings. The summed E-state index contributed by atoms with van der Waals surface area (Å²) in [5.41, 5.74) is 8.58. The Morgan fingerprint density at radius 2 is 1.62 bits per heavy atom. The van der Waals surface area contributed by atoms with Crippen LogP contribution in [0.5, 0.6) is 0 Å². The minimum absolute atomic E-state index is 0.0905. The zero-order valence-electron chi connectivity index (χ0n) is 21.4. The van der Waals surface area contributed by atoms with Crippen molar-refractivity contribution >= 4 is 48.9 Å². The number of aromatic nitrogens is 5. The number of nitrogens with one attached hydrogen (secondary N) is 1. The van der Waals surface area contributed by atoms with Crippen molar-refractivity contribution in [1.29, 1.82) is 0 Å². The molecule has 0 bridgehead atoms. The first-order valence-corrected chi connectivity index (χ1v) is 15.3. The molecular formula is C25H24ClFN6O5S2. The Kier molecular flexibility index (Phi) is 7.99. The molecule has 0 aliphatic carbocycles. The molecule has 0 unspecified atom stereocenters. The topological polar surface area (TPSA) is 174 Å². The van der Waals surface area contributed by atoms with Crippen molar-refractivity contribution in [2.75, 3.05) is 12.0 Å². The van der Waals surface area contributed by atoms with Crippen molar-refractivity contribution in [2.24, 2.45) is 0 Å². The molecule has 0 fully saturated rings. The summed E-state index contributed by atoms with van der Waals surface area (Å²) in [6.07, 6.45) is 0.715. The van der Waals surface area contributed by atoms with Gasteiger partial charge in [-0.2, -0.15) is 12.4 Å². The zero-order valence-corrected chi connectivity index (χ0v) is 23.8. The van der Waals surface area contributed by atoms with Gasteiger partial charge in [0.2, 0.25) is 16.0 Å². The Bertz CT molecular complexity index is 1900. The van der Waals surface area contributed by atoms with E-state index in [0.29, 0.717) is 28.9 Å². The fourth-order valence-corrected chi connectivity index (χ4v) is 5.11. The number of nitrogens with two attached hydrogens (primary N) is 1. The van der Waals surface area contributed by atoms with Crippen LogP contribution in [0.4, 0.5) is 10.3 Å². The van der Waals surface area contributed by atoms with E-state index in [-0.39, 0.29) is 28.0 Å². The van der Waals surface area contributed by atoms with Crippen molar-refractivity contribution < 1.29 is 25.8 Å². The molecule has 3 aromatic heterocycles. The number of benzene rings is 2. The number of fused-ring (bicyclic) bond motifs is 1. The first-order chi connectivity index (χ1) is 18.7. The summed E-state index contributed by atoms with van der Waals surface area (Å²) >= 11 is 6.29. The van der Waals surface area contributed by atoms with Gasteiger partial charge in [-0.05, 0) is 38.1 Å². The van der Waals surface area contributed by atoms with E-state index < -0.39 is 31.2 Å². The summed E-state index contributed by atoms with van der Waals surface area (Å²) in [6, 6.07) is 17.0. The number of nitrogens with zero attached hydrogens (tertiary/aromatic N) is 4. The molecule has 5 aromatic rings. The largest absolute Gasteiger partial charge is 0.368 e. The Hall–Kier alpha value is -3.85. The average molecular weight is 607 g/mol. The summed E-state index contributed by atoms with van der Waals surface area (Å²) in [7, 11) is -7.49. The van der Waals surface area contributed by atoms with E-state index in [9.17, 15) is 21.2 Å². The average Bonchev–Trinajstić information content (AvgIpc) is 3.44. The molecule has 15 heteroatoms. The number of imidazole rings is 2. The second kappa shape index (κ2) is 11.0. The molecule has 0 spiro atoms. The number of anilines is 1. The standard InChI is InChI=1S/C24H20ClFN6O2S.CH4O3S/c1-13(2)35(33,34)32-23-18(29-24(32)27)12-11-17(28-23)21-20(14-7-4-3-5-8-14)30-22(31-21)19-15(25)9-6-10-16(19)26;1-5(2,3)4/h3-13H,1-2H3,(H2,27,29)(H,30,31);1H3,(H,2,3,4). The number of rotatable bonds is 5. The Morgan fingerprint density at radius 1 is 0.975 bits per heavy atom. The summed E-state index contributed by atoms with van der Waals surface area (Å²) in [4.78, 5) is 16.5. The number of aromatic amines is 1. The van der Waals surface area contributed by atoms with Gasteiger partial charge in [0.15, 0.2) is 5.65 Å². The van der Waals surface area contributed by atoms with Crippen LogP contribution in [-0.2, 0) is 20.1 Å². The lowest BCUT2D eigenvalue weighted by Gasteiger charge is -2.11. The van der Waals surface area contributed by atoms with E-state index in [0.717, 1.165) is 9.54 Å². The maximum atomic E-state index is 14.7. The zero-order chi connectivity index (χ0) is 29.4. The van der Waals surface area contributed by atoms with Crippen molar-refractivity contribution in [3.05, 3.63) is 71.5 Å². The molecule has 40 heavy (non-hydrogen) atoms. The third-order valence-electron chi connectivity index (χ3n) is 5.55. The lowest BCUT2D eigenvalue weighted by Crippen LogP contribution is -2.24. The van der Waals surface area contributed by atoms with Gasteiger partial charge in [-0.1, -0.05) is 48.0 Å². The van der Waals surface area contributed by atoms with Gasteiger partial charge in [-0.3, -0.25) is 4.55 Å². The highest BCUT2D eigenvalue weighted by molar-refractivity contribution is 7.90. The van der Waals surface area contributed by atoms with Crippen LogP contribution in [0.1, 0.15) is 13.8 Å². The monoisotopic (exact) mass is 606 g/mol. The fraction of sp³-hybridized carbons (Fsp3) is 0.160. The van der Waals surface area contributed by atoms with Crippen LogP contribution in [-0.4, -0.2) is 56.8 Å². The van der Waals surface area contributed by atoms with Gasteiger partial charge < -0.3 is 10.7 Å². The lowest BCUT2D eigenvalue weighted by molar-refractivity contribution is 0.490. The highest BCUT2D eigenvalue weighted by atomic mass is 35.5. The number of hydrogen-bond acceptors (Lipinski definition) is 8. The highest BCUT2D eigenvalue weighted by Crippen LogP contribution is 2.36. The molecule has 5 rings (SSSR count). The smallest absolute Gasteiger partial charge is 0.261 e. The summed E-state index contributed by atoms with van der Waals surface area (Å²) in [5.74, 6) is -0.494. The second-order valence-electron chi connectivity index (χ2n) is 8.87. The Labute approximate surface area is 234 Å². The van der Waals surface area contributed by atoms with Crippen LogP contribution in [0.25, 0.3) is 45.2 Å². The van der Waals surface area contributed by atoms with Crippen LogP contribution >= 0.6 is 11.6 Å². The van der Waals surface area contributed by atoms with Gasteiger partial charge in [-0.25, -0.2) is 27.8 Å². The highest BCUT2D eigenvalue weighted by Gasteiger charge is 2.26. The molecule has 3 heterocycles. The molecule has 210 valence electrons. The number of halogens is 2. The van der Waals surface area contributed by atoms with E-state index in [1.807, 2.05) is 30.3 Å². The Morgan fingerprint density at radius 3 is 2.23 bits per heavy atom. The van der Waals surface area contributed by atoms with E-state index in [2.05, 4.69) is 19.9 Å². The van der Waals surface area contributed by atoms with Gasteiger partial charge in [-0.15, -0.1) is 0 Å².